The summed E-state index contributed by atoms with van der Waals surface area (Å²) in [7, 11) is 1.39. The van der Waals surface area contributed by atoms with Crippen molar-refractivity contribution in [2.45, 2.75) is 13.5 Å². The van der Waals surface area contributed by atoms with Gasteiger partial charge in [0.1, 0.15) is 0 Å². The summed E-state index contributed by atoms with van der Waals surface area (Å²) < 4.78 is 19.9. The molecule has 1 aromatic carbocycles. The van der Waals surface area contributed by atoms with Crippen LogP contribution in [-0.4, -0.2) is 11.7 Å². The lowest BCUT2D eigenvalue weighted by Crippen LogP contribution is -2.19. The second kappa shape index (κ2) is 4.92. The van der Waals surface area contributed by atoms with Gasteiger partial charge >= 0.3 is 0 Å². The molecule has 0 aliphatic rings. The lowest BCUT2D eigenvalue weighted by molar-refractivity contribution is 0.387. The quantitative estimate of drug-likeness (QED) is 0.759. The number of hydrogen-bond donors (Lipinski definition) is 0. The molecule has 0 aliphatic heterocycles. The second-order valence-corrected chi connectivity index (χ2v) is 3.75. The minimum atomic E-state index is -0.540. The average Bonchev–Trinajstić information content (AvgIpc) is 2.38. The van der Waals surface area contributed by atoms with E-state index in [0.717, 1.165) is 0 Å². The molecule has 4 heteroatoms. The first kappa shape index (κ1) is 12.2. The highest BCUT2D eigenvalue weighted by atomic mass is 19.1. The van der Waals surface area contributed by atoms with Crippen molar-refractivity contribution in [1.29, 1.82) is 0 Å². The summed E-state index contributed by atoms with van der Waals surface area (Å²) in [6.07, 6.45) is 1.65. The highest BCUT2D eigenvalue weighted by molar-refractivity contribution is 5.83. The molecule has 0 amide bonds. The monoisotopic (exact) mass is 245 g/mol. The van der Waals surface area contributed by atoms with Crippen LogP contribution in [0.1, 0.15) is 6.92 Å². The molecule has 0 unspecified atom stereocenters. The Labute approximate surface area is 104 Å². The summed E-state index contributed by atoms with van der Waals surface area (Å²) in [5, 5.41) is 0.979. The van der Waals surface area contributed by atoms with Crippen LogP contribution < -0.4 is 10.3 Å². The molecule has 0 saturated heterocycles. The van der Waals surface area contributed by atoms with Crippen LogP contribution in [0.2, 0.25) is 0 Å². The lowest BCUT2D eigenvalue weighted by Gasteiger charge is -2.06. The van der Waals surface area contributed by atoms with Crippen molar-refractivity contribution in [2.24, 2.45) is 0 Å². The van der Waals surface area contributed by atoms with E-state index in [4.69, 9.17) is 4.74 Å². The second-order valence-electron chi connectivity index (χ2n) is 3.75. The fourth-order valence-electron chi connectivity index (χ4n) is 1.73. The third kappa shape index (κ3) is 2.07. The largest absolute Gasteiger partial charge is 0.494 e. The molecule has 0 fully saturated rings. The van der Waals surface area contributed by atoms with Gasteiger partial charge in [-0.05, 0) is 30.5 Å². The summed E-state index contributed by atoms with van der Waals surface area (Å²) >= 11 is 0. The van der Waals surface area contributed by atoms with Gasteiger partial charge in [0.25, 0.3) is 5.56 Å². The van der Waals surface area contributed by atoms with Crippen LogP contribution in [0.15, 0.2) is 29.2 Å². The van der Waals surface area contributed by atoms with Gasteiger partial charge in [0.05, 0.1) is 19.0 Å². The average molecular weight is 245 g/mol. The first-order valence-corrected chi connectivity index (χ1v) is 5.43. The van der Waals surface area contributed by atoms with Crippen LogP contribution in [0, 0.1) is 17.7 Å². The number of pyridine rings is 1. The molecule has 0 atom stereocenters. The molecule has 1 aromatic heterocycles. The van der Waals surface area contributed by atoms with E-state index in [-0.39, 0.29) is 11.3 Å². The maximum Gasteiger partial charge on any atom is 0.259 e. The predicted octanol–water partition coefficient (Wildman–Crippen LogP) is 2.17. The van der Waals surface area contributed by atoms with E-state index < -0.39 is 5.82 Å². The number of aromatic nitrogens is 1. The summed E-state index contributed by atoms with van der Waals surface area (Å²) in [6.45, 7) is 2.01. The van der Waals surface area contributed by atoms with Gasteiger partial charge in [0.15, 0.2) is 11.6 Å². The molecule has 0 spiro atoms. The Balaban J connectivity index is 2.66. The molecule has 2 aromatic rings. The van der Waals surface area contributed by atoms with Crippen LogP contribution in [0.5, 0.6) is 5.75 Å². The number of fused-ring (bicyclic) bond motifs is 1. The van der Waals surface area contributed by atoms with Crippen molar-refractivity contribution in [3.63, 3.8) is 0 Å². The molecule has 0 saturated carbocycles. The summed E-state index contributed by atoms with van der Waals surface area (Å²) in [4.78, 5) is 12.1. The molecular weight excluding hydrogens is 233 g/mol. The zero-order valence-corrected chi connectivity index (χ0v) is 10.2. The van der Waals surface area contributed by atoms with Crippen molar-refractivity contribution >= 4 is 10.8 Å². The van der Waals surface area contributed by atoms with Gasteiger partial charge in [0, 0.05) is 6.20 Å². The maximum absolute atomic E-state index is 13.6. The van der Waals surface area contributed by atoms with Gasteiger partial charge in [-0.15, -0.1) is 5.92 Å². The van der Waals surface area contributed by atoms with Crippen LogP contribution in [0.25, 0.3) is 10.8 Å². The van der Waals surface area contributed by atoms with Crippen LogP contribution in [0.4, 0.5) is 4.39 Å². The van der Waals surface area contributed by atoms with E-state index in [1.807, 2.05) is 0 Å². The van der Waals surface area contributed by atoms with Crippen molar-refractivity contribution in [3.05, 3.63) is 40.6 Å². The van der Waals surface area contributed by atoms with E-state index >= 15 is 0 Å². The van der Waals surface area contributed by atoms with Crippen LogP contribution in [-0.2, 0) is 6.54 Å². The first-order chi connectivity index (χ1) is 8.67. The molecule has 18 heavy (non-hydrogen) atoms. The van der Waals surface area contributed by atoms with Gasteiger partial charge in [-0.3, -0.25) is 4.79 Å². The normalized spacial score (nSPS) is 9.94. The number of nitrogens with zero attached hydrogens (tertiary/aromatic N) is 1. The summed E-state index contributed by atoms with van der Waals surface area (Å²) in [6, 6.07) is 4.46. The molecule has 0 radical (unpaired) electrons. The SMILES string of the molecule is CC#CCn1ccc2cc(OC)c(F)cc2c1=O. The Morgan fingerprint density at radius 1 is 1.44 bits per heavy atom. The first-order valence-electron chi connectivity index (χ1n) is 5.43. The molecule has 0 aliphatic carbocycles. The van der Waals surface area contributed by atoms with E-state index in [2.05, 4.69) is 11.8 Å². The van der Waals surface area contributed by atoms with E-state index in [0.29, 0.717) is 17.3 Å². The Kier molecular flexibility index (Phi) is 3.33. The third-order valence-electron chi connectivity index (χ3n) is 2.68. The minimum Gasteiger partial charge on any atom is -0.494 e. The van der Waals surface area contributed by atoms with Crippen molar-refractivity contribution in [3.8, 4) is 17.6 Å². The number of hydrogen-bond acceptors (Lipinski definition) is 2. The Bertz CT molecular complexity index is 707. The number of methoxy groups -OCH3 is 1. The van der Waals surface area contributed by atoms with E-state index in [9.17, 15) is 9.18 Å². The predicted molar refractivity (Wildman–Crippen MR) is 68.2 cm³/mol. The zero-order chi connectivity index (χ0) is 13.1. The topological polar surface area (TPSA) is 31.2 Å². The molecule has 0 bridgehead atoms. The molecule has 3 nitrogen and oxygen atoms in total. The minimum absolute atomic E-state index is 0.132. The maximum atomic E-state index is 13.6. The van der Waals surface area contributed by atoms with Gasteiger partial charge in [-0.1, -0.05) is 5.92 Å². The fraction of sp³-hybridized carbons (Fsp3) is 0.214. The van der Waals surface area contributed by atoms with Gasteiger partial charge in [-0.2, -0.15) is 0 Å². The molecule has 0 N–H and O–H groups in total. The molecule has 1 heterocycles. The van der Waals surface area contributed by atoms with E-state index in [1.54, 1.807) is 19.2 Å². The van der Waals surface area contributed by atoms with Crippen LogP contribution in [0.3, 0.4) is 0 Å². The summed E-state index contributed by atoms with van der Waals surface area (Å²) in [5.41, 5.74) is -0.253. The lowest BCUT2D eigenvalue weighted by atomic mass is 10.1. The van der Waals surface area contributed by atoms with E-state index in [1.165, 1.54) is 23.8 Å². The van der Waals surface area contributed by atoms with Crippen molar-refractivity contribution < 1.29 is 9.13 Å². The third-order valence-corrected chi connectivity index (χ3v) is 2.68. The van der Waals surface area contributed by atoms with Gasteiger partial charge < -0.3 is 9.30 Å². The highest BCUT2D eigenvalue weighted by Gasteiger charge is 2.08. The molecule has 92 valence electrons. The number of benzene rings is 1. The number of rotatable bonds is 2. The Morgan fingerprint density at radius 2 is 2.22 bits per heavy atom. The van der Waals surface area contributed by atoms with Crippen molar-refractivity contribution in [1.82, 2.24) is 4.57 Å². The molecular formula is C14H12FNO2. The van der Waals surface area contributed by atoms with Gasteiger partial charge in [-0.25, -0.2) is 4.39 Å². The van der Waals surface area contributed by atoms with Crippen LogP contribution >= 0.6 is 0 Å². The standard InChI is InChI=1S/C14H12FNO2/c1-3-4-6-16-7-5-10-8-13(18-2)12(15)9-11(10)14(16)17/h5,7-9H,6H2,1-2H3. The van der Waals surface area contributed by atoms with Crippen molar-refractivity contribution in [2.75, 3.05) is 7.11 Å². The Morgan fingerprint density at radius 3 is 2.89 bits per heavy atom. The zero-order valence-electron chi connectivity index (χ0n) is 10.2. The summed E-state index contributed by atoms with van der Waals surface area (Å²) in [5.74, 6) is 5.11. The number of halogens is 1. The highest BCUT2D eigenvalue weighted by Crippen LogP contribution is 2.22. The fourth-order valence-corrected chi connectivity index (χ4v) is 1.73. The van der Waals surface area contributed by atoms with Gasteiger partial charge in [0.2, 0.25) is 0 Å². The number of ether oxygens (including phenoxy) is 1. The smallest absolute Gasteiger partial charge is 0.259 e. The molecule has 2 rings (SSSR count). The Hall–Kier alpha value is -2.28.